The molecule has 0 aromatic heterocycles. The molecule has 34 heavy (non-hydrogen) atoms. The highest BCUT2D eigenvalue weighted by Gasteiger charge is 2.35. The first kappa shape index (κ1) is 23.6. The molecule has 1 atom stereocenters. The number of rotatable bonds is 8. The number of para-hydroxylation sites is 1. The number of methoxy groups -OCH3 is 1. The van der Waals surface area contributed by atoms with E-state index in [2.05, 4.69) is 17.4 Å². The van der Waals surface area contributed by atoms with Crippen molar-refractivity contribution in [3.05, 3.63) is 90.5 Å². The van der Waals surface area contributed by atoms with Gasteiger partial charge >= 0.3 is 0 Å². The number of nitrogens with one attached hydrogen (secondary N) is 1. The van der Waals surface area contributed by atoms with Crippen LogP contribution in [-0.2, 0) is 16.0 Å². The molecule has 4 rings (SSSR count). The molecule has 174 valence electrons. The first-order valence-corrected chi connectivity index (χ1v) is 12.1. The van der Waals surface area contributed by atoms with Crippen molar-refractivity contribution in [2.75, 3.05) is 19.0 Å². The molecule has 1 fully saturated rings. The number of aliphatic imine (C=N–C) groups is 1. The first-order valence-electron chi connectivity index (χ1n) is 11.2. The number of ether oxygens (including phenoxy) is 1. The van der Waals surface area contributed by atoms with Crippen LogP contribution in [0.5, 0.6) is 5.75 Å². The summed E-state index contributed by atoms with van der Waals surface area (Å²) in [5, 5.41) is 2.91. The van der Waals surface area contributed by atoms with Gasteiger partial charge in [-0.25, -0.2) is 4.99 Å². The second-order valence-electron chi connectivity index (χ2n) is 7.89. The number of amidine groups is 1. The largest absolute Gasteiger partial charge is 0.497 e. The molecule has 7 heteroatoms. The number of hydrogen-bond donors (Lipinski definition) is 1. The monoisotopic (exact) mass is 473 g/mol. The molecular formula is C27H27N3O3S. The van der Waals surface area contributed by atoms with Gasteiger partial charge < -0.3 is 10.1 Å². The SMILES string of the molecule is COc1ccc(NC(=O)[C@@H]2CC(=O)N(CCCc3ccccc3)C(=Nc3ccccc3)S2)cc1. The van der Waals surface area contributed by atoms with Crippen LogP contribution in [0.15, 0.2) is 89.9 Å². The molecule has 1 saturated heterocycles. The van der Waals surface area contributed by atoms with Gasteiger partial charge in [0.15, 0.2) is 5.17 Å². The number of aryl methyl sites for hydroxylation is 1. The molecule has 0 unspecified atom stereocenters. The van der Waals surface area contributed by atoms with Gasteiger partial charge in [0.2, 0.25) is 11.8 Å². The summed E-state index contributed by atoms with van der Waals surface area (Å²) in [5.41, 5.74) is 2.64. The predicted molar refractivity (Wildman–Crippen MR) is 138 cm³/mol. The Labute approximate surface area is 204 Å². The highest BCUT2D eigenvalue weighted by molar-refractivity contribution is 8.15. The van der Waals surface area contributed by atoms with Gasteiger partial charge in [0, 0.05) is 18.7 Å². The van der Waals surface area contributed by atoms with Crippen LogP contribution in [0.2, 0.25) is 0 Å². The quantitative estimate of drug-likeness (QED) is 0.483. The van der Waals surface area contributed by atoms with Crippen molar-refractivity contribution in [3.63, 3.8) is 0 Å². The predicted octanol–water partition coefficient (Wildman–Crippen LogP) is 5.29. The zero-order valence-electron chi connectivity index (χ0n) is 19.0. The normalized spacial score (nSPS) is 17.0. The Morgan fingerprint density at radius 2 is 1.71 bits per heavy atom. The molecule has 1 N–H and O–H groups in total. The topological polar surface area (TPSA) is 71.0 Å². The van der Waals surface area contributed by atoms with Gasteiger partial charge in [-0.05, 0) is 54.8 Å². The lowest BCUT2D eigenvalue weighted by Gasteiger charge is -2.32. The van der Waals surface area contributed by atoms with Gasteiger partial charge in [-0.1, -0.05) is 60.3 Å². The molecule has 1 aliphatic heterocycles. The number of anilines is 1. The van der Waals surface area contributed by atoms with Gasteiger partial charge in [-0.3, -0.25) is 14.5 Å². The molecule has 0 bridgehead atoms. The van der Waals surface area contributed by atoms with Crippen LogP contribution in [0.4, 0.5) is 11.4 Å². The maximum Gasteiger partial charge on any atom is 0.238 e. The number of nitrogens with zero attached hydrogens (tertiary/aromatic N) is 2. The van der Waals surface area contributed by atoms with E-state index in [1.807, 2.05) is 48.5 Å². The standard InChI is InChI=1S/C27H27N3O3S/c1-33-23-16-14-22(15-17-23)28-26(32)24-19-25(31)30(18-8-11-20-9-4-2-5-10-20)27(34-24)29-21-12-6-3-7-13-21/h2-7,9-10,12-17,24H,8,11,18-19H2,1H3,(H,28,32)/t24-/m0/s1. The van der Waals surface area contributed by atoms with E-state index in [4.69, 9.17) is 9.73 Å². The van der Waals surface area contributed by atoms with Crippen molar-refractivity contribution in [2.24, 2.45) is 4.99 Å². The number of hydrogen-bond acceptors (Lipinski definition) is 5. The van der Waals surface area contributed by atoms with Crippen LogP contribution >= 0.6 is 11.8 Å². The maximum atomic E-state index is 13.1. The van der Waals surface area contributed by atoms with Crippen molar-refractivity contribution >= 4 is 40.1 Å². The summed E-state index contributed by atoms with van der Waals surface area (Å²) in [6.45, 7) is 0.555. The van der Waals surface area contributed by atoms with Crippen LogP contribution < -0.4 is 10.1 Å². The highest BCUT2D eigenvalue weighted by atomic mass is 32.2. The maximum absolute atomic E-state index is 13.1. The summed E-state index contributed by atoms with van der Waals surface area (Å²) in [6.07, 6.45) is 1.81. The molecule has 3 aromatic rings. The number of benzene rings is 3. The Morgan fingerprint density at radius 1 is 1.03 bits per heavy atom. The van der Waals surface area contributed by atoms with E-state index in [0.29, 0.717) is 23.1 Å². The molecule has 0 spiro atoms. The molecule has 3 aromatic carbocycles. The summed E-state index contributed by atoms with van der Waals surface area (Å²) < 4.78 is 5.16. The van der Waals surface area contributed by atoms with Crippen LogP contribution in [-0.4, -0.2) is 40.8 Å². The van der Waals surface area contributed by atoms with Gasteiger partial charge in [0.05, 0.1) is 12.8 Å². The number of thioether (sulfide) groups is 1. The summed E-state index contributed by atoms with van der Waals surface area (Å²) in [6, 6.07) is 26.8. The van der Waals surface area contributed by atoms with Crippen LogP contribution in [0.3, 0.4) is 0 Å². The van der Waals surface area contributed by atoms with Crippen molar-refractivity contribution < 1.29 is 14.3 Å². The minimum Gasteiger partial charge on any atom is -0.497 e. The highest BCUT2D eigenvalue weighted by Crippen LogP contribution is 2.30. The Morgan fingerprint density at radius 3 is 2.38 bits per heavy atom. The lowest BCUT2D eigenvalue weighted by atomic mass is 10.1. The van der Waals surface area contributed by atoms with E-state index < -0.39 is 5.25 Å². The summed E-state index contributed by atoms with van der Waals surface area (Å²) >= 11 is 1.34. The van der Waals surface area contributed by atoms with Crippen molar-refractivity contribution in [1.29, 1.82) is 0 Å². The molecular weight excluding hydrogens is 446 g/mol. The first-order chi connectivity index (χ1) is 16.6. The lowest BCUT2D eigenvalue weighted by Crippen LogP contribution is -2.45. The molecule has 2 amide bonds. The van der Waals surface area contributed by atoms with Gasteiger partial charge in [-0.15, -0.1) is 0 Å². The Balaban J connectivity index is 1.47. The van der Waals surface area contributed by atoms with E-state index in [1.165, 1.54) is 17.3 Å². The third-order valence-corrected chi connectivity index (χ3v) is 6.65. The third kappa shape index (κ3) is 6.26. The molecule has 0 saturated carbocycles. The van der Waals surface area contributed by atoms with Gasteiger partial charge in [-0.2, -0.15) is 0 Å². The minimum absolute atomic E-state index is 0.0867. The Hall–Kier alpha value is -3.58. The van der Waals surface area contributed by atoms with Crippen molar-refractivity contribution in [1.82, 2.24) is 4.90 Å². The zero-order chi connectivity index (χ0) is 23.8. The molecule has 0 aliphatic carbocycles. The summed E-state index contributed by atoms with van der Waals surface area (Å²) in [4.78, 5) is 32.6. The lowest BCUT2D eigenvalue weighted by molar-refractivity contribution is -0.129. The fourth-order valence-electron chi connectivity index (χ4n) is 3.66. The van der Waals surface area contributed by atoms with Crippen molar-refractivity contribution in [2.45, 2.75) is 24.5 Å². The third-order valence-electron chi connectivity index (χ3n) is 5.46. The second-order valence-corrected chi connectivity index (χ2v) is 9.06. The summed E-state index contributed by atoms with van der Waals surface area (Å²) in [7, 11) is 1.59. The van der Waals surface area contributed by atoms with Gasteiger partial charge in [0.1, 0.15) is 11.0 Å². The van der Waals surface area contributed by atoms with Crippen LogP contribution in [0.25, 0.3) is 0 Å². The Kier molecular flexibility index (Phi) is 7.99. The number of carbonyl (C=O) groups excluding carboxylic acids is 2. The number of amides is 2. The smallest absolute Gasteiger partial charge is 0.238 e. The molecule has 1 aliphatic rings. The average molecular weight is 474 g/mol. The zero-order valence-corrected chi connectivity index (χ0v) is 19.8. The molecule has 1 heterocycles. The van der Waals surface area contributed by atoms with E-state index in [0.717, 1.165) is 18.5 Å². The van der Waals surface area contributed by atoms with Crippen LogP contribution in [0, 0.1) is 0 Å². The van der Waals surface area contributed by atoms with E-state index in [9.17, 15) is 9.59 Å². The minimum atomic E-state index is -0.553. The van der Waals surface area contributed by atoms with E-state index in [-0.39, 0.29) is 18.2 Å². The fraction of sp³-hybridized carbons (Fsp3) is 0.222. The molecule has 0 radical (unpaired) electrons. The van der Waals surface area contributed by atoms with Crippen molar-refractivity contribution in [3.8, 4) is 5.75 Å². The summed E-state index contributed by atoms with van der Waals surface area (Å²) in [5.74, 6) is 0.410. The Bertz CT molecular complexity index is 1130. The fourth-order valence-corrected chi connectivity index (χ4v) is 4.78. The average Bonchev–Trinajstić information content (AvgIpc) is 2.87. The van der Waals surface area contributed by atoms with Crippen LogP contribution in [0.1, 0.15) is 18.4 Å². The van der Waals surface area contributed by atoms with Gasteiger partial charge in [0.25, 0.3) is 0 Å². The second kappa shape index (κ2) is 11.5. The van der Waals surface area contributed by atoms with E-state index >= 15 is 0 Å². The number of carbonyl (C=O) groups is 2. The molecule has 6 nitrogen and oxygen atoms in total. The van der Waals surface area contributed by atoms with E-state index in [1.54, 1.807) is 36.3 Å².